The largest absolute Gasteiger partial charge is 0.511 e. The maximum atomic E-state index is 11.1. The summed E-state index contributed by atoms with van der Waals surface area (Å²) in [6.07, 6.45) is 0.548. The molecule has 0 heterocycles. The van der Waals surface area contributed by atoms with Crippen LogP contribution in [-0.2, 0) is 9.53 Å². The average Bonchev–Trinajstić information content (AvgIpc) is 2.29. The zero-order chi connectivity index (χ0) is 12.1. The molecule has 0 spiro atoms. The number of rotatable bonds is 3. The molecule has 1 aromatic rings. The van der Waals surface area contributed by atoms with Crippen molar-refractivity contribution in [1.82, 2.24) is 0 Å². The van der Waals surface area contributed by atoms with E-state index in [0.29, 0.717) is 17.0 Å². The van der Waals surface area contributed by atoms with Gasteiger partial charge in [0.2, 0.25) is 5.76 Å². The fraction of sp³-hybridized carbons (Fsp3) is 0.182. The summed E-state index contributed by atoms with van der Waals surface area (Å²) in [7, 11) is 1.19. The Bertz CT molecular complexity index is 426. The quantitative estimate of drug-likeness (QED) is 0.503. The molecule has 0 aliphatic carbocycles. The number of aliphatic hydroxyl groups excluding tert-OH is 1. The van der Waals surface area contributed by atoms with Gasteiger partial charge in [-0.2, -0.15) is 0 Å². The van der Waals surface area contributed by atoms with Crippen LogP contribution in [0.1, 0.15) is 5.56 Å². The molecule has 0 amide bonds. The lowest BCUT2D eigenvalue weighted by molar-refractivity contribution is -0.138. The van der Waals surface area contributed by atoms with Crippen LogP contribution in [0, 0.1) is 6.92 Å². The van der Waals surface area contributed by atoms with Crippen molar-refractivity contribution >= 4 is 17.6 Å². The number of halogens is 1. The zero-order valence-corrected chi connectivity index (χ0v) is 9.62. The molecule has 1 rings (SSSR count). The summed E-state index contributed by atoms with van der Waals surface area (Å²) in [5, 5.41) is 9.30. The maximum Gasteiger partial charge on any atom is 0.377 e. The molecule has 0 radical (unpaired) electrons. The molecule has 4 nitrogen and oxygen atoms in total. The normalized spacial score (nSPS) is 11.1. The van der Waals surface area contributed by atoms with E-state index in [9.17, 15) is 4.79 Å². The molecule has 0 unspecified atom stereocenters. The van der Waals surface area contributed by atoms with Crippen molar-refractivity contribution in [2.24, 2.45) is 0 Å². The number of carbonyl (C=O) groups excluding carboxylic acids is 1. The van der Waals surface area contributed by atoms with E-state index in [1.807, 2.05) is 0 Å². The summed E-state index contributed by atoms with van der Waals surface area (Å²) >= 11 is 5.78. The summed E-state index contributed by atoms with van der Waals surface area (Å²) in [6, 6.07) is 4.98. The molecule has 1 aromatic carbocycles. The fourth-order valence-electron chi connectivity index (χ4n) is 1.02. The highest BCUT2D eigenvalue weighted by molar-refractivity contribution is 6.30. The number of hydrogen-bond donors (Lipinski definition) is 1. The van der Waals surface area contributed by atoms with Crippen molar-refractivity contribution in [3.63, 3.8) is 0 Å². The van der Waals surface area contributed by atoms with Gasteiger partial charge in [0.05, 0.1) is 7.11 Å². The number of aryl methyl sites for hydroxylation is 1. The van der Waals surface area contributed by atoms with E-state index in [-0.39, 0.29) is 5.76 Å². The minimum Gasteiger partial charge on any atom is -0.511 e. The van der Waals surface area contributed by atoms with Crippen molar-refractivity contribution in [3.05, 3.63) is 40.8 Å². The Morgan fingerprint density at radius 3 is 2.75 bits per heavy atom. The van der Waals surface area contributed by atoms with Crippen LogP contribution in [0.4, 0.5) is 0 Å². The molecule has 0 aromatic heterocycles. The second kappa shape index (κ2) is 5.42. The highest BCUT2D eigenvalue weighted by atomic mass is 35.5. The molecule has 5 heteroatoms. The first-order valence-corrected chi connectivity index (χ1v) is 4.83. The van der Waals surface area contributed by atoms with Crippen molar-refractivity contribution in [1.29, 1.82) is 0 Å². The summed E-state index contributed by atoms with van der Waals surface area (Å²) in [5.74, 6) is -0.673. The van der Waals surface area contributed by atoms with Crippen LogP contribution in [0.5, 0.6) is 5.75 Å². The number of methoxy groups -OCH3 is 1. The van der Waals surface area contributed by atoms with Gasteiger partial charge >= 0.3 is 5.97 Å². The van der Waals surface area contributed by atoms with Gasteiger partial charge in [-0.3, -0.25) is 0 Å². The number of benzene rings is 1. The third-order valence-corrected chi connectivity index (χ3v) is 2.11. The second-order valence-electron chi connectivity index (χ2n) is 3.00. The van der Waals surface area contributed by atoms with Gasteiger partial charge in [0.1, 0.15) is 12.0 Å². The van der Waals surface area contributed by atoms with Gasteiger partial charge in [-0.1, -0.05) is 17.7 Å². The molecule has 0 saturated carbocycles. The maximum absolute atomic E-state index is 11.1. The summed E-state index contributed by atoms with van der Waals surface area (Å²) in [5.41, 5.74) is 0.785. The van der Waals surface area contributed by atoms with Gasteiger partial charge in [0.25, 0.3) is 0 Å². The minimum absolute atomic E-state index is 0.298. The van der Waals surface area contributed by atoms with Gasteiger partial charge in [-0.05, 0) is 24.6 Å². The van der Waals surface area contributed by atoms with Crippen LogP contribution in [0.25, 0.3) is 0 Å². The Hall–Kier alpha value is -1.68. The van der Waals surface area contributed by atoms with E-state index in [0.717, 1.165) is 5.56 Å². The van der Waals surface area contributed by atoms with Crippen molar-refractivity contribution in [3.8, 4) is 5.75 Å². The molecule has 0 aliphatic heterocycles. The Labute approximate surface area is 98.1 Å². The van der Waals surface area contributed by atoms with Crippen LogP contribution < -0.4 is 4.74 Å². The van der Waals surface area contributed by atoms with Crippen molar-refractivity contribution < 1.29 is 19.4 Å². The summed E-state index contributed by atoms with van der Waals surface area (Å²) in [6.45, 7) is 1.79. The standard InChI is InChI=1S/C11H11ClO4/c1-7-3-4-8(12)5-9(7)16-10(6-13)11(14)15-2/h3-6,13H,1-2H3/b10-6-. The third-order valence-electron chi connectivity index (χ3n) is 1.87. The molecular formula is C11H11ClO4. The molecule has 16 heavy (non-hydrogen) atoms. The van der Waals surface area contributed by atoms with E-state index in [2.05, 4.69) is 4.74 Å². The van der Waals surface area contributed by atoms with E-state index in [1.54, 1.807) is 25.1 Å². The first-order chi connectivity index (χ1) is 7.58. The topological polar surface area (TPSA) is 55.8 Å². The summed E-state index contributed by atoms with van der Waals surface area (Å²) in [4.78, 5) is 11.1. The Balaban J connectivity index is 2.95. The minimum atomic E-state index is -0.762. The SMILES string of the molecule is COC(=O)/C(=C/O)Oc1cc(Cl)ccc1C. The van der Waals surface area contributed by atoms with Gasteiger partial charge in [-0.25, -0.2) is 4.79 Å². The molecule has 0 saturated heterocycles. The lowest BCUT2D eigenvalue weighted by Crippen LogP contribution is -2.11. The molecule has 0 bridgehead atoms. The molecule has 1 N–H and O–H groups in total. The highest BCUT2D eigenvalue weighted by Gasteiger charge is 2.14. The Morgan fingerprint density at radius 1 is 1.50 bits per heavy atom. The number of aliphatic hydroxyl groups is 1. The smallest absolute Gasteiger partial charge is 0.377 e. The Kier molecular flexibility index (Phi) is 4.19. The predicted octanol–water partition coefficient (Wildman–Crippen LogP) is 2.60. The second-order valence-corrected chi connectivity index (χ2v) is 3.43. The molecule has 0 aliphatic rings. The van der Waals surface area contributed by atoms with E-state index < -0.39 is 5.97 Å². The van der Waals surface area contributed by atoms with Gasteiger partial charge in [0.15, 0.2) is 0 Å². The van der Waals surface area contributed by atoms with Gasteiger partial charge in [-0.15, -0.1) is 0 Å². The number of carbonyl (C=O) groups is 1. The monoisotopic (exact) mass is 242 g/mol. The lowest BCUT2D eigenvalue weighted by atomic mass is 10.2. The average molecular weight is 243 g/mol. The van der Waals surface area contributed by atoms with Gasteiger partial charge in [0, 0.05) is 5.02 Å². The van der Waals surface area contributed by atoms with Crippen LogP contribution in [0.3, 0.4) is 0 Å². The molecular weight excluding hydrogens is 232 g/mol. The van der Waals surface area contributed by atoms with E-state index in [1.165, 1.54) is 7.11 Å². The first kappa shape index (κ1) is 12.4. The lowest BCUT2D eigenvalue weighted by Gasteiger charge is -2.09. The zero-order valence-electron chi connectivity index (χ0n) is 8.86. The molecule has 0 atom stereocenters. The van der Waals surface area contributed by atoms with Crippen LogP contribution >= 0.6 is 11.6 Å². The predicted molar refractivity (Wildman–Crippen MR) is 59.5 cm³/mol. The van der Waals surface area contributed by atoms with Crippen LogP contribution in [-0.4, -0.2) is 18.2 Å². The van der Waals surface area contributed by atoms with E-state index in [4.69, 9.17) is 21.4 Å². The number of hydrogen-bond acceptors (Lipinski definition) is 4. The summed E-state index contributed by atoms with van der Waals surface area (Å²) < 4.78 is 9.60. The van der Waals surface area contributed by atoms with Gasteiger partial charge < -0.3 is 14.6 Å². The van der Waals surface area contributed by atoms with Crippen LogP contribution in [0.15, 0.2) is 30.2 Å². The Morgan fingerprint density at radius 2 is 2.19 bits per heavy atom. The first-order valence-electron chi connectivity index (χ1n) is 4.45. The third kappa shape index (κ3) is 2.90. The molecule has 86 valence electrons. The van der Waals surface area contributed by atoms with Crippen molar-refractivity contribution in [2.45, 2.75) is 6.92 Å². The van der Waals surface area contributed by atoms with Crippen LogP contribution in [0.2, 0.25) is 5.02 Å². The molecule has 0 fully saturated rings. The number of esters is 1. The number of ether oxygens (including phenoxy) is 2. The highest BCUT2D eigenvalue weighted by Crippen LogP contribution is 2.24. The van der Waals surface area contributed by atoms with Crippen molar-refractivity contribution in [2.75, 3.05) is 7.11 Å². The fourth-order valence-corrected chi connectivity index (χ4v) is 1.19. The van der Waals surface area contributed by atoms with E-state index >= 15 is 0 Å².